The van der Waals surface area contributed by atoms with Gasteiger partial charge in [0.05, 0.1) is 22.2 Å². The van der Waals surface area contributed by atoms with Crippen LogP contribution in [0.15, 0.2) is 116 Å². The fourth-order valence-electron chi connectivity index (χ4n) is 7.44. The molecule has 1 aliphatic rings. The second-order valence-corrected chi connectivity index (χ2v) is 14.0. The van der Waals surface area contributed by atoms with Crippen molar-refractivity contribution in [2.75, 3.05) is 0 Å². The Hall–Kier alpha value is -5.42. The lowest BCUT2D eigenvalue weighted by Crippen LogP contribution is -2.26. The number of rotatable bonds is 3. The van der Waals surface area contributed by atoms with Crippen molar-refractivity contribution < 1.29 is 4.74 Å². The van der Waals surface area contributed by atoms with Crippen LogP contribution in [0.3, 0.4) is 0 Å². The summed E-state index contributed by atoms with van der Waals surface area (Å²) in [5.74, 6) is 2.56. The van der Waals surface area contributed by atoms with Crippen LogP contribution in [0, 0.1) is 0 Å². The number of hydrogen-bond acceptors (Lipinski definition) is 3. The standard InChI is InChI=1S/C41H34N4O/c1-40(2,3)25-21-26(44-35-16-7-6-11-29(35)32-13-9-19-42-38(32)44)23-28(22-25)46-27-17-18-30-31-12-8-14-33-37(31)45(36(30)24-27)39-34(41(33,4)5)15-10-20-43-39/h6-24H,1-5H3. The van der Waals surface area contributed by atoms with Gasteiger partial charge in [0.15, 0.2) is 0 Å². The molecule has 5 heteroatoms. The first-order chi connectivity index (χ1) is 22.2. The van der Waals surface area contributed by atoms with Crippen molar-refractivity contribution >= 4 is 43.7 Å². The van der Waals surface area contributed by atoms with Crippen molar-refractivity contribution in [1.82, 2.24) is 19.1 Å². The van der Waals surface area contributed by atoms with Crippen molar-refractivity contribution in [2.24, 2.45) is 0 Å². The summed E-state index contributed by atoms with van der Waals surface area (Å²) in [5, 5.41) is 4.75. The number of nitrogens with zero attached hydrogens (tertiary/aromatic N) is 4. The van der Waals surface area contributed by atoms with E-state index in [2.05, 4.69) is 135 Å². The third-order valence-electron chi connectivity index (χ3n) is 9.79. The van der Waals surface area contributed by atoms with E-state index in [1.54, 1.807) is 0 Å². The van der Waals surface area contributed by atoms with E-state index in [9.17, 15) is 0 Å². The average Bonchev–Trinajstić information content (AvgIpc) is 3.56. The molecule has 4 aromatic carbocycles. The van der Waals surface area contributed by atoms with Crippen LogP contribution in [-0.4, -0.2) is 19.1 Å². The number of ether oxygens (including phenoxy) is 1. The van der Waals surface area contributed by atoms with Gasteiger partial charge in [0.25, 0.3) is 0 Å². The van der Waals surface area contributed by atoms with Gasteiger partial charge in [0, 0.05) is 57.0 Å². The summed E-state index contributed by atoms with van der Waals surface area (Å²) in [4.78, 5) is 9.75. The second kappa shape index (κ2) is 9.30. The topological polar surface area (TPSA) is 44.9 Å². The Morgan fingerprint density at radius 2 is 1.35 bits per heavy atom. The minimum Gasteiger partial charge on any atom is -0.457 e. The minimum absolute atomic E-state index is 0.0910. The van der Waals surface area contributed by atoms with Crippen LogP contribution in [0.5, 0.6) is 11.5 Å². The van der Waals surface area contributed by atoms with Gasteiger partial charge >= 0.3 is 0 Å². The molecule has 46 heavy (non-hydrogen) atoms. The van der Waals surface area contributed by atoms with E-state index in [0.29, 0.717) is 0 Å². The number of benzene rings is 4. The van der Waals surface area contributed by atoms with Gasteiger partial charge in [-0.05, 0) is 65.1 Å². The fraction of sp³-hybridized carbons (Fsp3) is 0.171. The van der Waals surface area contributed by atoms with Gasteiger partial charge < -0.3 is 4.74 Å². The fourth-order valence-corrected chi connectivity index (χ4v) is 7.44. The maximum absolute atomic E-state index is 6.79. The first kappa shape index (κ1) is 26.9. The lowest BCUT2D eigenvalue weighted by Gasteiger charge is -2.33. The predicted molar refractivity (Wildman–Crippen MR) is 188 cm³/mol. The molecule has 0 aliphatic carbocycles. The summed E-state index contributed by atoms with van der Waals surface area (Å²) in [6, 6.07) is 36.6. The molecule has 0 atom stereocenters. The van der Waals surface area contributed by atoms with Crippen molar-refractivity contribution in [3.05, 3.63) is 132 Å². The Balaban J connectivity index is 1.24. The van der Waals surface area contributed by atoms with Gasteiger partial charge in [-0.25, -0.2) is 9.97 Å². The average molecular weight is 599 g/mol. The third kappa shape index (κ3) is 3.75. The lowest BCUT2D eigenvalue weighted by atomic mass is 9.76. The summed E-state index contributed by atoms with van der Waals surface area (Å²) in [6.45, 7) is 11.3. The SMILES string of the molecule is CC(C)(C)c1cc(Oc2ccc3c4cccc5c4n(c3c2)-c2ncccc2C5(C)C)cc(-n2c3ccccc3c3cccnc32)c1. The van der Waals surface area contributed by atoms with Crippen LogP contribution in [0.2, 0.25) is 0 Å². The van der Waals surface area contributed by atoms with Crippen LogP contribution in [0.1, 0.15) is 51.3 Å². The molecule has 0 radical (unpaired) electrons. The molecule has 0 spiro atoms. The van der Waals surface area contributed by atoms with Gasteiger partial charge in [0.2, 0.25) is 0 Å². The van der Waals surface area contributed by atoms with Crippen molar-refractivity contribution in [3.8, 4) is 23.0 Å². The van der Waals surface area contributed by atoms with Gasteiger partial charge in [-0.2, -0.15) is 0 Å². The number of fused-ring (bicyclic) bond motifs is 8. The Morgan fingerprint density at radius 3 is 2.22 bits per heavy atom. The maximum Gasteiger partial charge on any atom is 0.145 e. The van der Waals surface area contributed by atoms with E-state index in [4.69, 9.17) is 14.7 Å². The number of pyridine rings is 2. The largest absolute Gasteiger partial charge is 0.457 e. The predicted octanol–water partition coefficient (Wildman–Crippen LogP) is 10.4. The summed E-state index contributed by atoms with van der Waals surface area (Å²) in [6.07, 6.45) is 3.76. The lowest BCUT2D eigenvalue weighted by molar-refractivity contribution is 0.479. The third-order valence-corrected chi connectivity index (χ3v) is 9.79. The molecule has 0 fully saturated rings. The molecule has 8 aromatic rings. The Bertz CT molecular complexity index is 2470. The Kier molecular flexibility index (Phi) is 5.45. The summed E-state index contributed by atoms with van der Waals surface area (Å²) >= 11 is 0. The number of aromatic nitrogens is 4. The monoisotopic (exact) mass is 598 g/mol. The molecule has 0 bridgehead atoms. The highest BCUT2D eigenvalue weighted by Crippen LogP contribution is 2.47. The zero-order valence-electron chi connectivity index (χ0n) is 26.7. The normalized spacial score (nSPS) is 13.9. The Labute approximate surface area is 267 Å². The smallest absolute Gasteiger partial charge is 0.145 e. The highest BCUT2D eigenvalue weighted by molar-refractivity contribution is 6.12. The maximum atomic E-state index is 6.79. The molecule has 4 aromatic heterocycles. The van der Waals surface area contributed by atoms with E-state index in [1.807, 2.05) is 24.5 Å². The van der Waals surface area contributed by atoms with Gasteiger partial charge in [0.1, 0.15) is 23.0 Å². The molecule has 5 heterocycles. The molecular weight excluding hydrogens is 564 g/mol. The summed E-state index contributed by atoms with van der Waals surface area (Å²) in [7, 11) is 0. The van der Waals surface area contributed by atoms with Crippen LogP contribution >= 0.6 is 0 Å². The molecule has 224 valence electrons. The molecule has 0 N–H and O–H groups in total. The first-order valence-corrected chi connectivity index (χ1v) is 15.9. The Morgan fingerprint density at radius 1 is 0.609 bits per heavy atom. The van der Waals surface area contributed by atoms with E-state index in [-0.39, 0.29) is 10.8 Å². The zero-order chi connectivity index (χ0) is 31.4. The minimum atomic E-state index is -0.154. The highest BCUT2D eigenvalue weighted by atomic mass is 16.5. The van der Waals surface area contributed by atoms with Crippen molar-refractivity contribution in [2.45, 2.75) is 45.4 Å². The van der Waals surface area contributed by atoms with Crippen molar-refractivity contribution in [3.63, 3.8) is 0 Å². The van der Waals surface area contributed by atoms with Gasteiger partial charge in [-0.1, -0.05) is 77.1 Å². The van der Waals surface area contributed by atoms with E-state index >= 15 is 0 Å². The van der Waals surface area contributed by atoms with E-state index in [0.717, 1.165) is 45.1 Å². The highest BCUT2D eigenvalue weighted by Gasteiger charge is 2.35. The summed E-state index contributed by atoms with van der Waals surface area (Å²) in [5.41, 5.74) is 8.89. The molecule has 9 rings (SSSR count). The van der Waals surface area contributed by atoms with Crippen molar-refractivity contribution in [1.29, 1.82) is 0 Å². The van der Waals surface area contributed by atoms with Crippen LogP contribution in [-0.2, 0) is 10.8 Å². The van der Waals surface area contributed by atoms with E-state index in [1.165, 1.54) is 38.4 Å². The second-order valence-electron chi connectivity index (χ2n) is 14.0. The van der Waals surface area contributed by atoms with E-state index < -0.39 is 0 Å². The molecule has 0 saturated heterocycles. The molecular formula is C41H34N4O. The molecule has 0 amide bonds. The first-order valence-electron chi connectivity index (χ1n) is 15.9. The molecule has 1 aliphatic heterocycles. The number of para-hydroxylation sites is 2. The zero-order valence-corrected chi connectivity index (χ0v) is 26.7. The number of hydrogen-bond donors (Lipinski definition) is 0. The molecule has 0 unspecified atom stereocenters. The summed E-state index contributed by atoms with van der Waals surface area (Å²) < 4.78 is 11.4. The van der Waals surface area contributed by atoms with Crippen LogP contribution in [0.25, 0.3) is 55.2 Å². The van der Waals surface area contributed by atoms with Crippen LogP contribution in [0.4, 0.5) is 0 Å². The van der Waals surface area contributed by atoms with Gasteiger partial charge in [-0.15, -0.1) is 0 Å². The van der Waals surface area contributed by atoms with Crippen LogP contribution < -0.4 is 4.74 Å². The quantitative estimate of drug-likeness (QED) is 0.203. The molecule has 0 saturated carbocycles. The molecule has 5 nitrogen and oxygen atoms in total. The van der Waals surface area contributed by atoms with Gasteiger partial charge in [-0.3, -0.25) is 9.13 Å².